The molecule has 2 rings (SSSR count). The molecule has 6 heteroatoms. The standard InChI is InChI=1S/C14H12BrF2IN2/c1-7-2-4-9(13(17)12(7)16)14(20-19)10-6-8(18)3-5-11(10)15/h2-6,14,20H,19H2,1H3. The zero-order valence-corrected chi connectivity index (χ0v) is 14.3. The second-order valence-electron chi connectivity index (χ2n) is 4.37. The lowest BCUT2D eigenvalue weighted by atomic mass is 9.97. The van der Waals surface area contributed by atoms with E-state index >= 15 is 0 Å². The van der Waals surface area contributed by atoms with Crippen molar-refractivity contribution in [3.8, 4) is 0 Å². The molecule has 0 heterocycles. The largest absolute Gasteiger partial charge is 0.271 e. The van der Waals surface area contributed by atoms with E-state index in [1.54, 1.807) is 12.1 Å². The zero-order valence-electron chi connectivity index (χ0n) is 10.6. The lowest BCUT2D eigenvalue weighted by Crippen LogP contribution is -2.30. The maximum atomic E-state index is 14.1. The van der Waals surface area contributed by atoms with Crippen LogP contribution in [0.3, 0.4) is 0 Å². The molecule has 3 N–H and O–H groups in total. The molecule has 0 saturated carbocycles. The van der Waals surface area contributed by atoms with E-state index in [4.69, 9.17) is 5.84 Å². The van der Waals surface area contributed by atoms with Crippen LogP contribution in [0.2, 0.25) is 0 Å². The van der Waals surface area contributed by atoms with Crippen LogP contribution in [-0.2, 0) is 0 Å². The van der Waals surface area contributed by atoms with Crippen molar-refractivity contribution in [3.63, 3.8) is 0 Å². The van der Waals surface area contributed by atoms with Gasteiger partial charge >= 0.3 is 0 Å². The number of hydrogen-bond donors (Lipinski definition) is 2. The van der Waals surface area contributed by atoms with Crippen LogP contribution in [0.4, 0.5) is 8.78 Å². The van der Waals surface area contributed by atoms with Gasteiger partial charge in [-0.25, -0.2) is 14.2 Å². The number of aryl methyl sites for hydroxylation is 1. The topological polar surface area (TPSA) is 38.0 Å². The Hall–Kier alpha value is -0.570. The molecule has 0 spiro atoms. The first-order valence-corrected chi connectivity index (χ1v) is 7.68. The fraction of sp³-hybridized carbons (Fsp3) is 0.143. The van der Waals surface area contributed by atoms with E-state index in [1.165, 1.54) is 6.92 Å². The van der Waals surface area contributed by atoms with E-state index in [9.17, 15) is 8.78 Å². The molecule has 0 aliphatic heterocycles. The first kappa shape index (κ1) is 15.8. The van der Waals surface area contributed by atoms with Gasteiger partial charge in [-0.05, 0) is 58.8 Å². The van der Waals surface area contributed by atoms with E-state index < -0.39 is 17.7 Å². The predicted molar refractivity (Wildman–Crippen MR) is 87.1 cm³/mol. The van der Waals surface area contributed by atoms with Crippen LogP contribution in [0.5, 0.6) is 0 Å². The minimum absolute atomic E-state index is 0.179. The third kappa shape index (κ3) is 3.03. The Kier molecular flexibility index (Phi) is 5.11. The summed E-state index contributed by atoms with van der Waals surface area (Å²) in [7, 11) is 0. The van der Waals surface area contributed by atoms with Gasteiger partial charge < -0.3 is 0 Å². The molecule has 0 radical (unpaired) electrons. The van der Waals surface area contributed by atoms with E-state index in [0.29, 0.717) is 0 Å². The van der Waals surface area contributed by atoms with E-state index in [1.807, 2.05) is 18.2 Å². The van der Waals surface area contributed by atoms with Crippen LogP contribution in [-0.4, -0.2) is 0 Å². The third-order valence-corrected chi connectivity index (χ3v) is 4.45. The lowest BCUT2D eigenvalue weighted by molar-refractivity contribution is 0.478. The van der Waals surface area contributed by atoms with Gasteiger partial charge in [0, 0.05) is 13.6 Å². The summed E-state index contributed by atoms with van der Waals surface area (Å²) in [6.07, 6.45) is 0. The summed E-state index contributed by atoms with van der Waals surface area (Å²) < 4.78 is 29.6. The number of benzene rings is 2. The van der Waals surface area contributed by atoms with E-state index in [2.05, 4.69) is 43.9 Å². The van der Waals surface area contributed by atoms with Crippen molar-refractivity contribution in [2.45, 2.75) is 13.0 Å². The van der Waals surface area contributed by atoms with Gasteiger partial charge in [0.1, 0.15) is 0 Å². The summed E-state index contributed by atoms with van der Waals surface area (Å²) in [6, 6.07) is 8.09. The molecule has 0 bridgehead atoms. The highest BCUT2D eigenvalue weighted by atomic mass is 127. The first-order chi connectivity index (χ1) is 9.45. The Morgan fingerprint density at radius 2 is 1.85 bits per heavy atom. The second-order valence-corrected chi connectivity index (χ2v) is 6.47. The summed E-state index contributed by atoms with van der Waals surface area (Å²) in [6.45, 7) is 1.52. The summed E-state index contributed by atoms with van der Waals surface area (Å²) in [4.78, 5) is 0. The monoisotopic (exact) mass is 452 g/mol. The zero-order chi connectivity index (χ0) is 14.9. The molecule has 2 nitrogen and oxygen atoms in total. The molecule has 0 aliphatic rings. The van der Waals surface area contributed by atoms with Crippen molar-refractivity contribution in [2.24, 2.45) is 5.84 Å². The Morgan fingerprint density at radius 1 is 1.15 bits per heavy atom. The van der Waals surface area contributed by atoms with Crippen LogP contribution in [0, 0.1) is 22.1 Å². The van der Waals surface area contributed by atoms with Gasteiger partial charge in [0.2, 0.25) is 0 Å². The summed E-state index contributed by atoms with van der Waals surface area (Å²) in [5, 5.41) is 0. The first-order valence-electron chi connectivity index (χ1n) is 5.81. The van der Waals surface area contributed by atoms with Crippen molar-refractivity contribution in [1.82, 2.24) is 5.43 Å². The Bertz CT molecular complexity index is 649. The van der Waals surface area contributed by atoms with Crippen LogP contribution in [0.1, 0.15) is 22.7 Å². The normalized spacial score (nSPS) is 12.5. The van der Waals surface area contributed by atoms with Gasteiger partial charge in [-0.1, -0.05) is 28.1 Å². The third-order valence-electron chi connectivity index (χ3n) is 3.05. The molecule has 0 fully saturated rings. The van der Waals surface area contributed by atoms with Crippen molar-refractivity contribution in [1.29, 1.82) is 0 Å². The van der Waals surface area contributed by atoms with Gasteiger partial charge in [0.05, 0.1) is 6.04 Å². The highest BCUT2D eigenvalue weighted by Gasteiger charge is 2.22. The maximum absolute atomic E-state index is 14.1. The number of hydrazine groups is 1. The highest BCUT2D eigenvalue weighted by molar-refractivity contribution is 14.1. The SMILES string of the molecule is Cc1ccc(C(NN)c2cc(I)ccc2Br)c(F)c1F. The Balaban J connectivity index is 2.58. The van der Waals surface area contributed by atoms with Gasteiger partial charge in [0.25, 0.3) is 0 Å². The van der Waals surface area contributed by atoms with Gasteiger partial charge in [-0.3, -0.25) is 5.84 Å². The smallest absolute Gasteiger partial charge is 0.164 e. The molecule has 0 aliphatic carbocycles. The van der Waals surface area contributed by atoms with Crippen molar-refractivity contribution >= 4 is 38.5 Å². The molecule has 2 aromatic rings. The molecule has 1 atom stereocenters. The average molecular weight is 453 g/mol. The quantitative estimate of drug-likeness (QED) is 0.416. The number of nitrogens with two attached hydrogens (primary N) is 1. The summed E-state index contributed by atoms with van der Waals surface area (Å²) >= 11 is 5.57. The maximum Gasteiger partial charge on any atom is 0.164 e. The number of halogens is 4. The molecule has 0 amide bonds. The van der Waals surface area contributed by atoms with Crippen molar-refractivity contribution < 1.29 is 8.78 Å². The molecule has 0 saturated heterocycles. The highest BCUT2D eigenvalue weighted by Crippen LogP contribution is 2.32. The summed E-state index contributed by atoms with van der Waals surface area (Å²) in [5.41, 5.74) is 3.75. The Morgan fingerprint density at radius 3 is 2.50 bits per heavy atom. The van der Waals surface area contributed by atoms with Crippen LogP contribution in [0.15, 0.2) is 34.8 Å². The van der Waals surface area contributed by atoms with Crippen molar-refractivity contribution in [2.75, 3.05) is 0 Å². The number of hydrogen-bond acceptors (Lipinski definition) is 2. The molecule has 0 aromatic heterocycles. The van der Waals surface area contributed by atoms with Crippen LogP contribution < -0.4 is 11.3 Å². The molecule has 20 heavy (non-hydrogen) atoms. The fourth-order valence-electron chi connectivity index (χ4n) is 1.97. The number of rotatable bonds is 3. The van der Waals surface area contributed by atoms with Gasteiger partial charge in [0.15, 0.2) is 11.6 Å². The second kappa shape index (κ2) is 6.46. The molecular weight excluding hydrogens is 441 g/mol. The minimum Gasteiger partial charge on any atom is -0.271 e. The predicted octanol–water partition coefficient (Wildman–Crippen LogP) is 4.19. The summed E-state index contributed by atoms with van der Waals surface area (Å²) in [5.74, 6) is 3.83. The fourth-order valence-corrected chi connectivity index (χ4v) is 2.96. The molecular formula is C14H12BrF2IN2. The lowest BCUT2D eigenvalue weighted by Gasteiger charge is -2.20. The molecule has 2 aromatic carbocycles. The van der Waals surface area contributed by atoms with E-state index in [-0.39, 0.29) is 11.1 Å². The number of nitrogens with one attached hydrogen (secondary N) is 1. The molecule has 106 valence electrons. The van der Waals surface area contributed by atoms with Gasteiger partial charge in [-0.15, -0.1) is 0 Å². The van der Waals surface area contributed by atoms with Crippen LogP contribution >= 0.6 is 38.5 Å². The van der Waals surface area contributed by atoms with Crippen molar-refractivity contribution in [3.05, 3.63) is 66.7 Å². The van der Waals surface area contributed by atoms with Gasteiger partial charge in [-0.2, -0.15) is 0 Å². The minimum atomic E-state index is -0.876. The van der Waals surface area contributed by atoms with E-state index in [0.717, 1.165) is 13.6 Å². The average Bonchev–Trinajstić information content (AvgIpc) is 2.43. The molecule has 1 unspecified atom stereocenters. The van der Waals surface area contributed by atoms with Crippen LogP contribution in [0.25, 0.3) is 0 Å². The Labute approximate surface area is 138 Å².